The molecule has 2 rings (SSSR count). The molecular formula is C14H14BrClN2O2S. The van der Waals surface area contributed by atoms with Crippen molar-refractivity contribution < 1.29 is 4.74 Å². The molecule has 0 saturated carbocycles. The first-order valence-electron chi connectivity index (χ1n) is 6.18. The maximum atomic E-state index is 12.6. The predicted octanol–water partition coefficient (Wildman–Crippen LogP) is 3.65. The van der Waals surface area contributed by atoms with Crippen molar-refractivity contribution in [3.8, 4) is 0 Å². The first kappa shape index (κ1) is 16.5. The van der Waals surface area contributed by atoms with Gasteiger partial charge in [0.1, 0.15) is 0 Å². The molecule has 4 nitrogen and oxygen atoms in total. The summed E-state index contributed by atoms with van der Waals surface area (Å²) < 4.78 is 7.53. The maximum absolute atomic E-state index is 12.6. The Morgan fingerprint density at radius 3 is 3.00 bits per heavy atom. The van der Waals surface area contributed by atoms with E-state index in [0.717, 1.165) is 4.47 Å². The highest BCUT2D eigenvalue weighted by Crippen LogP contribution is 2.22. The number of thioether (sulfide) groups is 1. The fourth-order valence-electron chi connectivity index (χ4n) is 1.81. The van der Waals surface area contributed by atoms with Crippen molar-refractivity contribution in [2.24, 2.45) is 0 Å². The number of hydrogen-bond donors (Lipinski definition) is 0. The van der Waals surface area contributed by atoms with E-state index in [1.54, 1.807) is 17.7 Å². The zero-order chi connectivity index (χ0) is 15.4. The van der Waals surface area contributed by atoms with Gasteiger partial charge in [-0.2, -0.15) is 0 Å². The van der Waals surface area contributed by atoms with Crippen LogP contribution in [0.4, 0.5) is 0 Å². The summed E-state index contributed by atoms with van der Waals surface area (Å²) in [5, 5.41) is 1.71. The highest BCUT2D eigenvalue weighted by atomic mass is 79.9. The summed E-state index contributed by atoms with van der Waals surface area (Å²) in [4.78, 5) is 17.2. The Labute approximate surface area is 140 Å². The van der Waals surface area contributed by atoms with Crippen LogP contribution in [0.15, 0.2) is 44.2 Å². The average molecular weight is 390 g/mol. The molecule has 0 bridgehead atoms. The number of nitrogens with zero attached hydrogens (tertiary/aromatic N) is 2. The van der Waals surface area contributed by atoms with Crippen LogP contribution in [0.5, 0.6) is 0 Å². The van der Waals surface area contributed by atoms with Crippen LogP contribution >= 0.6 is 39.3 Å². The van der Waals surface area contributed by atoms with Crippen molar-refractivity contribution in [3.63, 3.8) is 0 Å². The fraction of sp³-hybridized carbons (Fsp3) is 0.286. The van der Waals surface area contributed by atoms with E-state index in [4.69, 9.17) is 16.3 Å². The highest BCUT2D eigenvalue weighted by molar-refractivity contribution is 9.10. The summed E-state index contributed by atoms with van der Waals surface area (Å²) in [6.07, 6.45) is 0. The van der Waals surface area contributed by atoms with Crippen molar-refractivity contribution in [1.82, 2.24) is 9.55 Å². The van der Waals surface area contributed by atoms with Gasteiger partial charge in [0.2, 0.25) is 0 Å². The van der Waals surface area contributed by atoms with Gasteiger partial charge in [-0.25, -0.2) is 4.98 Å². The van der Waals surface area contributed by atoms with Crippen molar-refractivity contribution in [2.45, 2.75) is 11.7 Å². The zero-order valence-corrected chi connectivity index (χ0v) is 14.6. The van der Waals surface area contributed by atoms with E-state index in [9.17, 15) is 4.79 Å². The van der Waals surface area contributed by atoms with Gasteiger partial charge in [-0.3, -0.25) is 9.36 Å². The molecule has 112 valence electrons. The van der Waals surface area contributed by atoms with E-state index in [-0.39, 0.29) is 5.56 Å². The number of ether oxygens (including phenoxy) is 1. The van der Waals surface area contributed by atoms with E-state index < -0.39 is 0 Å². The molecule has 7 heteroatoms. The third kappa shape index (κ3) is 4.10. The normalized spacial score (nSPS) is 11.0. The summed E-state index contributed by atoms with van der Waals surface area (Å²) in [7, 11) is 1.60. The molecule has 21 heavy (non-hydrogen) atoms. The van der Waals surface area contributed by atoms with Crippen LogP contribution in [0, 0.1) is 0 Å². The molecule has 0 N–H and O–H groups in total. The lowest BCUT2D eigenvalue weighted by Gasteiger charge is -2.12. The minimum Gasteiger partial charge on any atom is -0.383 e. The molecule has 0 spiro atoms. The van der Waals surface area contributed by atoms with E-state index in [1.165, 1.54) is 11.8 Å². The van der Waals surface area contributed by atoms with Crippen LogP contribution in [0.2, 0.25) is 0 Å². The van der Waals surface area contributed by atoms with Gasteiger partial charge in [0.05, 0.1) is 24.1 Å². The Morgan fingerprint density at radius 2 is 2.33 bits per heavy atom. The smallest absolute Gasteiger partial charge is 0.262 e. The molecule has 0 aliphatic heterocycles. The van der Waals surface area contributed by atoms with Crippen LogP contribution in [-0.2, 0) is 11.3 Å². The monoisotopic (exact) mass is 388 g/mol. The topological polar surface area (TPSA) is 44.1 Å². The second-order valence-corrected chi connectivity index (χ2v) is 6.70. The lowest BCUT2D eigenvalue weighted by molar-refractivity contribution is 0.183. The van der Waals surface area contributed by atoms with E-state index in [2.05, 4.69) is 27.5 Å². The van der Waals surface area contributed by atoms with Crippen molar-refractivity contribution in [2.75, 3.05) is 19.5 Å². The Hall–Kier alpha value is -0.820. The Balaban J connectivity index is 2.55. The van der Waals surface area contributed by atoms with Gasteiger partial charge in [-0.1, -0.05) is 45.9 Å². The quantitative estimate of drug-likeness (QED) is 0.559. The minimum atomic E-state index is -0.0824. The summed E-state index contributed by atoms with van der Waals surface area (Å²) in [6, 6.07) is 5.47. The SMILES string of the molecule is C=C(Cl)CSc1nc2ccc(Br)cc2c(=O)n1CCOC. The third-order valence-corrected chi connectivity index (χ3v) is 4.61. The summed E-state index contributed by atoms with van der Waals surface area (Å²) in [5.74, 6) is 0.503. The predicted molar refractivity (Wildman–Crippen MR) is 91.3 cm³/mol. The molecule has 0 atom stereocenters. The Kier molecular flexibility index (Phi) is 5.87. The lowest BCUT2D eigenvalue weighted by atomic mass is 10.2. The Bertz CT molecular complexity index is 733. The van der Waals surface area contributed by atoms with E-state index in [1.807, 2.05) is 12.1 Å². The number of methoxy groups -OCH3 is 1. The molecule has 0 radical (unpaired) electrons. The van der Waals surface area contributed by atoms with Gasteiger partial charge < -0.3 is 4.74 Å². The van der Waals surface area contributed by atoms with Crippen LogP contribution in [0.1, 0.15) is 0 Å². The molecular weight excluding hydrogens is 376 g/mol. The Morgan fingerprint density at radius 1 is 1.57 bits per heavy atom. The fourth-order valence-corrected chi connectivity index (χ4v) is 3.11. The number of fused-ring (bicyclic) bond motifs is 1. The number of aromatic nitrogens is 2. The van der Waals surface area contributed by atoms with Gasteiger partial charge in [0, 0.05) is 22.4 Å². The van der Waals surface area contributed by atoms with Crippen molar-refractivity contribution in [3.05, 3.63) is 44.6 Å². The minimum absolute atomic E-state index is 0.0824. The maximum Gasteiger partial charge on any atom is 0.262 e. The highest BCUT2D eigenvalue weighted by Gasteiger charge is 2.12. The van der Waals surface area contributed by atoms with Gasteiger partial charge in [0.25, 0.3) is 5.56 Å². The van der Waals surface area contributed by atoms with Crippen LogP contribution < -0.4 is 5.56 Å². The molecule has 1 heterocycles. The summed E-state index contributed by atoms with van der Waals surface area (Å²) in [6.45, 7) is 4.54. The zero-order valence-electron chi connectivity index (χ0n) is 11.4. The van der Waals surface area contributed by atoms with Gasteiger partial charge in [-0.05, 0) is 18.2 Å². The van der Waals surface area contributed by atoms with Crippen molar-refractivity contribution >= 4 is 50.2 Å². The molecule has 1 aromatic carbocycles. The van der Waals surface area contributed by atoms with E-state index in [0.29, 0.717) is 40.0 Å². The van der Waals surface area contributed by atoms with Gasteiger partial charge in [-0.15, -0.1) is 0 Å². The van der Waals surface area contributed by atoms with Crippen molar-refractivity contribution in [1.29, 1.82) is 0 Å². The largest absolute Gasteiger partial charge is 0.383 e. The van der Waals surface area contributed by atoms with Crippen LogP contribution in [-0.4, -0.2) is 29.0 Å². The molecule has 0 amide bonds. The number of hydrogen-bond acceptors (Lipinski definition) is 4. The van der Waals surface area contributed by atoms with Gasteiger partial charge >= 0.3 is 0 Å². The summed E-state index contributed by atoms with van der Waals surface area (Å²) in [5.41, 5.74) is 0.584. The second-order valence-electron chi connectivity index (χ2n) is 4.31. The first-order valence-corrected chi connectivity index (χ1v) is 8.33. The first-order chi connectivity index (χ1) is 10.0. The van der Waals surface area contributed by atoms with Gasteiger partial charge in [0.15, 0.2) is 5.16 Å². The molecule has 0 saturated heterocycles. The standard InChI is InChI=1S/C14H14BrClN2O2S/c1-9(16)8-21-14-17-12-4-3-10(15)7-11(12)13(19)18(14)5-6-20-2/h3-4,7H,1,5-6,8H2,2H3. The molecule has 0 aliphatic rings. The molecule has 0 fully saturated rings. The average Bonchev–Trinajstić information content (AvgIpc) is 2.45. The number of halogens is 2. The lowest BCUT2D eigenvalue weighted by Crippen LogP contribution is -2.25. The second kappa shape index (κ2) is 7.45. The summed E-state index contributed by atoms with van der Waals surface area (Å²) >= 11 is 10.6. The van der Waals surface area contributed by atoms with Crippen LogP contribution in [0.25, 0.3) is 10.9 Å². The van der Waals surface area contributed by atoms with E-state index >= 15 is 0 Å². The molecule has 2 aromatic rings. The third-order valence-electron chi connectivity index (χ3n) is 2.76. The molecule has 0 aliphatic carbocycles. The number of rotatable bonds is 6. The molecule has 1 aromatic heterocycles. The molecule has 0 unspecified atom stereocenters. The van der Waals surface area contributed by atoms with Crippen LogP contribution in [0.3, 0.4) is 0 Å². The number of benzene rings is 1.